The third kappa shape index (κ3) is 5.20. The predicted octanol–water partition coefficient (Wildman–Crippen LogP) is 6.69. The molecule has 0 N–H and O–H groups in total. The van der Waals surface area contributed by atoms with Crippen molar-refractivity contribution in [3.8, 4) is 11.5 Å². The molecule has 5 aliphatic rings. The maximum absolute atomic E-state index is 6.08. The molecule has 5 aliphatic heterocycles. The van der Waals surface area contributed by atoms with Crippen molar-refractivity contribution in [2.75, 3.05) is 51.1 Å². The first-order valence-corrected chi connectivity index (χ1v) is 14.9. The summed E-state index contributed by atoms with van der Waals surface area (Å²) in [5.74, 6) is 7.27. The van der Waals surface area contributed by atoms with E-state index in [0.717, 1.165) is 55.8 Å². The van der Waals surface area contributed by atoms with Gasteiger partial charge in [-0.3, -0.25) is 0 Å². The molecule has 0 saturated carbocycles. The SMILES string of the molecule is C1COC2=C(CSC2c2sc(C3SCC4=C3OCCO4)c3c2OCCO3)O1.CC.CC.CC. The maximum Gasteiger partial charge on any atom is 0.177 e. The van der Waals surface area contributed by atoms with E-state index in [9.17, 15) is 0 Å². The highest BCUT2D eigenvalue weighted by atomic mass is 32.2. The van der Waals surface area contributed by atoms with Crippen molar-refractivity contribution in [3.63, 3.8) is 0 Å². The normalized spacial score (nSPS) is 24.1. The van der Waals surface area contributed by atoms with Gasteiger partial charge in [0.2, 0.25) is 0 Å². The van der Waals surface area contributed by atoms with Gasteiger partial charge in [0.05, 0.1) is 21.3 Å². The fourth-order valence-corrected chi connectivity index (χ4v) is 7.96. The predicted molar refractivity (Wildman–Crippen MR) is 138 cm³/mol. The lowest BCUT2D eigenvalue weighted by Gasteiger charge is -2.22. The van der Waals surface area contributed by atoms with Gasteiger partial charge in [0.1, 0.15) is 61.7 Å². The summed E-state index contributed by atoms with van der Waals surface area (Å²) in [5, 5.41) is 0.218. The second-order valence-corrected chi connectivity index (χ2v) is 9.81. The second kappa shape index (κ2) is 13.0. The van der Waals surface area contributed by atoms with Crippen LogP contribution in [0, 0.1) is 0 Å². The summed E-state index contributed by atoms with van der Waals surface area (Å²) in [4.78, 5) is 2.32. The Morgan fingerprint density at radius 1 is 0.515 bits per heavy atom. The van der Waals surface area contributed by atoms with E-state index < -0.39 is 0 Å². The number of fused-ring (bicyclic) bond motifs is 1. The molecule has 6 nitrogen and oxygen atoms in total. The van der Waals surface area contributed by atoms with Gasteiger partial charge in [-0.15, -0.1) is 34.9 Å². The molecule has 9 heteroatoms. The monoisotopic (exact) mass is 516 g/mol. The van der Waals surface area contributed by atoms with Crippen LogP contribution in [0.1, 0.15) is 61.8 Å². The molecular weight excluding hydrogens is 480 g/mol. The summed E-state index contributed by atoms with van der Waals surface area (Å²) in [7, 11) is 0. The van der Waals surface area contributed by atoms with Crippen LogP contribution in [0.25, 0.3) is 0 Å². The first-order valence-electron chi connectivity index (χ1n) is 12.0. The van der Waals surface area contributed by atoms with Crippen molar-refractivity contribution < 1.29 is 28.4 Å². The Balaban J connectivity index is 0.000000475. The van der Waals surface area contributed by atoms with Crippen LogP contribution in [0.3, 0.4) is 0 Å². The minimum absolute atomic E-state index is 0.109. The van der Waals surface area contributed by atoms with Crippen molar-refractivity contribution in [3.05, 3.63) is 32.8 Å². The third-order valence-electron chi connectivity index (χ3n) is 4.95. The summed E-state index contributed by atoms with van der Waals surface area (Å²) in [5.41, 5.74) is 0. The van der Waals surface area contributed by atoms with E-state index in [1.54, 1.807) is 11.3 Å². The Morgan fingerprint density at radius 2 is 0.879 bits per heavy atom. The lowest BCUT2D eigenvalue weighted by Crippen LogP contribution is -2.17. The number of thiophene rings is 1. The molecule has 0 aromatic carbocycles. The van der Waals surface area contributed by atoms with Gasteiger partial charge in [0.15, 0.2) is 23.0 Å². The summed E-state index contributed by atoms with van der Waals surface area (Å²) in [6.07, 6.45) is 0. The van der Waals surface area contributed by atoms with Crippen LogP contribution in [0.15, 0.2) is 23.0 Å². The zero-order valence-corrected chi connectivity index (χ0v) is 22.9. The largest absolute Gasteiger partial charge is 0.490 e. The number of ether oxygens (including phenoxy) is 6. The molecule has 33 heavy (non-hydrogen) atoms. The van der Waals surface area contributed by atoms with E-state index in [2.05, 4.69) is 0 Å². The molecule has 1 aromatic heterocycles. The van der Waals surface area contributed by atoms with E-state index in [-0.39, 0.29) is 10.5 Å². The molecule has 2 atom stereocenters. The highest BCUT2D eigenvalue weighted by Crippen LogP contribution is 2.60. The van der Waals surface area contributed by atoms with Gasteiger partial charge in [-0.1, -0.05) is 41.5 Å². The van der Waals surface area contributed by atoms with Crippen molar-refractivity contribution in [2.24, 2.45) is 0 Å². The zero-order valence-electron chi connectivity index (χ0n) is 20.5. The van der Waals surface area contributed by atoms with Crippen molar-refractivity contribution in [2.45, 2.75) is 52.0 Å². The molecule has 6 rings (SSSR count). The zero-order chi connectivity index (χ0) is 23.8. The summed E-state index contributed by atoms with van der Waals surface area (Å²) in [6, 6.07) is 0. The minimum Gasteiger partial charge on any atom is -0.490 e. The van der Waals surface area contributed by atoms with Crippen LogP contribution in [0.2, 0.25) is 0 Å². The molecule has 0 radical (unpaired) electrons. The Morgan fingerprint density at radius 3 is 1.30 bits per heavy atom. The van der Waals surface area contributed by atoms with Crippen LogP contribution in [0.4, 0.5) is 0 Å². The number of thioether (sulfide) groups is 2. The quantitative estimate of drug-likeness (QED) is 0.431. The molecule has 0 bridgehead atoms. The molecule has 0 saturated heterocycles. The van der Waals surface area contributed by atoms with Gasteiger partial charge < -0.3 is 28.4 Å². The molecule has 186 valence electrons. The van der Waals surface area contributed by atoms with Crippen molar-refractivity contribution in [1.82, 2.24) is 0 Å². The van der Waals surface area contributed by atoms with Gasteiger partial charge in [0, 0.05) is 0 Å². The highest BCUT2D eigenvalue weighted by molar-refractivity contribution is 8.00. The standard InChI is InChI=1S/C18H18O6S3.3C2H6/c1-3-21-11-9(19-1)7-25-15(11)17-13-14(24-6-5-23-13)18(27-17)16-12-10(8-26-16)20-2-4-22-12;3*1-2/h15-16H,1-8H2;3*1-2H3. The molecule has 0 spiro atoms. The highest BCUT2D eigenvalue weighted by Gasteiger charge is 2.42. The smallest absolute Gasteiger partial charge is 0.177 e. The summed E-state index contributed by atoms with van der Waals surface area (Å²) in [6.45, 7) is 15.6. The van der Waals surface area contributed by atoms with Crippen LogP contribution in [-0.4, -0.2) is 51.1 Å². The Labute approximate surface area is 210 Å². The lowest BCUT2D eigenvalue weighted by atomic mass is 10.2. The molecule has 2 unspecified atom stereocenters. The second-order valence-electron chi connectivity index (χ2n) is 6.54. The molecule has 0 fully saturated rings. The number of hydrogen-bond donors (Lipinski definition) is 0. The van der Waals surface area contributed by atoms with Gasteiger partial charge in [0.25, 0.3) is 0 Å². The number of rotatable bonds is 2. The van der Waals surface area contributed by atoms with Gasteiger partial charge >= 0.3 is 0 Å². The Kier molecular flexibility index (Phi) is 10.3. The van der Waals surface area contributed by atoms with Gasteiger partial charge in [-0.25, -0.2) is 0 Å². The molecule has 1 aromatic rings. The first-order chi connectivity index (χ1) is 16.4. The molecule has 0 aliphatic carbocycles. The minimum atomic E-state index is 0.109. The Bertz CT molecular complexity index is 781. The van der Waals surface area contributed by atoms with Crippen LogP contribution in [0.5, 0.6) is 11.5 Å². The van der Waals surface area contributed by atoms with E-state index >= 15 is 0 Å². The Hall–Kier alpha value is -1.32. The van der Waals surface area contributed by atoms with Gasteiger partial charge in [-0.05, 0) is 0 Å². The topological polar surface area (TPSA) is 55.4 Å². The summed E-state index contributed by atoms with van der Waals surface area (Å²) >= 11 is 5.41. The molecule has 0 amide bonds. The third-order valence-corrected chi connectivity index (χ3v) is 8.95. The number of hydrogen-bond acceptors (Lipinski definition) is 9. The molecule has 6 heterocycles. The average Bonchev–Trinajstić information content (AvgIpc) is 3.62. The lowest BCUT2D eigenvalue weighted by molar-refractivity contribution is 0.0638. The van der Waals surface area contributed by atoms with E-state index in [4.69, 9.17) is 28.4 Å². The summed E-state index contributed by atoms with van der Waals surface area (Å²) < 4.78 is 35.7. The maximum atomic E-state index is 6.08. The van der Waals surface area contributed by atoms with E-state index in [1.807, 2.05) is 65.1 Å². The fraction of sp³-hybridized carbons (Fsp3) is 0.667. The van der Waals surface area contributed by atoms with Crippen LogP contribution >= 0.6 is 34.9 Å². The average molecular weight is 517 g/mol. The molecular formula is C24H36O6S3. The van der Waals surface area contributed by atoms with Crippen molar-refractivity contribution >= 4 is 34.9 Å². The van der Waals surface area contributed by atoms with Crippen molar-refractivity contribution in [1.29, 1.82) is 0 Å². The van der Waals surface area contributed by atoms with E-state index in [0.29, 0.717) is 39.6 Å². The van der Waals surface area contributed by atoms with E-state index in [1.165, 1.54) is 0 Å². The fourth-order valence-electron chi connectivity index (χ4n) is 3.81. The van der Waals surface area contributed by atoms with Gasteiger partial charge in [-0.2, -0.15) is 0 Å². The van der Waals surface area contributed by atoms with Crippen LogP contribution < -0.4 is 9.47 Å². The first kappa shape index (κ1) is 26.3. The van der Waals surface area contributed by atoms with Crippen LogP contribution in [-0.2, 0) is 18.9 Å².